The zero-order chi connectivity index (χ0) is 11.9. The van der Waals surface area contributed by atoms with E-state index >= 15 is 0 Å². The number of rotatable bonds is 1. The van der Waals surface area contributed by atoms with Gasteiger partial charge in [-0.1, -0.05) is 0 Å². The lowest BCUT2D eigenvalue weighted by atomic mass is 9.91. The Kier molecular flexibility index (Phi) is 4.18. The summed E-state index contributed by atoms with van der Waals surface area (Å²) in [6.45, 7) is 5.56. The van der Waals surface area contributed by atoms with Gasteiger partial charge < -0.3 is 21.1 Å². The number of primary amides is 1. The van der Waals surface area contributed by atoms with E-state index < -0.39 is 23.1 Å². The van der Waals surface area contributed by atoms with Gasteiger partial charge in [0.15, 0.2) is 0 Å². The van der Waals surface area contributed by atoms with Crippen molar-refractivity contribution in [3.05, 3.63) is 0 Å². The Morgan fingerprint density at radius 1 is 1.31 bits per heavy atom. The highest BCUT2D eigenvalue weighted by Gasteiger charge is 2.48. The van der Waals surface area contributed by atoms with Gasteiger partial charge in [0.2, 0.25) is 5.91 Å². The first kappa shape index (κ1) is 15.0. The second kappa shape index (κ2) is 4.47. The molecule has 0 unspecified atom stereocenters. The van der Waals surface area contributed by atoms with Gasteiger partial charge in [0, 0.05) is 0 Å². The van der Waals surface area contributed by atoms with Gasteiger partial charge in [-0.15, -0.1) is 12.4 Å². The molecule has 1 aliphatic heterocycles. The van der Waals surface area contributed by atoms with Crippen LogP contribution in [0, 0.1) is 0 Å². The van der Waals surface area contributed by atoms with E-state index in [-0.39, 0.29) is 25.5 Å². The van der Waals surface area contributed by atoms with E-state index in [9.17, 15) is 9.59 Å². The van der Waals surface area contributed by atoms with Gasteiger partial charge in [-0.2, -0.15) is 0 Å². The number of ether oxygens (including phenoxy) is 1. The molecule has 6 nitrogen and oxygen atoms in total. The number of likely N-dealkylation sites (tertiary alicyclic amines) is 1. The predicted molar refractivity (Wildman–Crippen MR) is 61.2 cm³/mol. The van der Waals surface area contributed by atoms with Crippen LogP contribution in [-0.4, -0.2) is 41.1 Å². The summed E-state index contributed by atoms with van der Waals surface area (Å²) in [6.07, 6.45) is -0.468. The molecule has 1 saturated heterocycles. The molecular formula is C9H18ClN3O3. The Balaban J connectivity index is 0.00000225. The van der Waals surface area contributed by atoms with Crippen LogP contribution in [0.3, 0.4) is 0 Å². The first-order chi connectivity index (χ1) is 6.64. The molecule has 2 amide bonds. The summed E-state index contributed by atoms with van der Waals surface area (Å²) in [5.74, 6) is -0.595. The van der Waals surface area contributed by atoms with Gasteiger partial charge in [0.05, 0.1) is 13.1 Å². The third-order valence-corrected chi connectivity index (χ3v) is 2.09. The van der Waals surface area contributed by atoms with Crippen molar-refractivity contribution in [1.29, 1.82) is 0 Å². The minimum absolute atomic E-state index is 0. The minimum Gasteiger partial charge on any atom is -0.444 e. The standard InChI is InChI=1S/C9H17N3O3.ClH/c1-8(2,3)15-7(14)12-4-9(11,5-12)6(10)13;/h4-5,11H2,1-3H3,(H2,10,13);1H. The van der Waals surface area contributed by atoms with Gasteiger partial charge in [-0.05, 0) is 20.8 Å². The van der Waals surface area contributed by atoms with Crippen molar-refractivity contribution in [1.82, 2.24) is 4.90 Å². The molecular weight excluding hydrogens is 234 g/mol. The first-order valence-electron chi connectivity index (χ1n) is 4.71. The van der Waals surface area contributed by atoms with E-state index in [2.05, 4.69) is 0 Å². The fraction of sp³-hybridized carbons (Fsp3) is 0.778. The topological polar surface area (TPSA) is 98.7 Å². The molecule has 1 fully saturated rings. The van der Waals surface area contributed by atoms with E-state index in [4.69, 9.17) is 16.2 Å². The highest BCUT2D eigenvalue weighted by molar-refractivity contribution is 5.88. The lowest BCUT2D eigenvalue weighted by Crippen LogP contribution is -2.74. The molecule has 94 valence electrons. The maximum atomic E-state index is 11.4. The molecule has 0 aromatic heterocycles. The summed E-state index contributed by atoms with van der Waals surface area (Å²) < 4.78 is 5.09. The number of carbonyl (C=O) groups is 2. The monoisotopic (exact) mass is 251 g/mol. The second-order valence-corrected chi connectivity index (χ2v) is 4.86. The largest absolute Gasteiger partial charge is 0.444 e. The third-order valence-electron chi connectivity index (χ3n) is 2.09. The number of halogens is 1. The molecule has 0 spiro atoms. The van der Waals surface area contributed by atoms with Crippen LogP contribution in [0.15, 0.2) is 0 Å². The SMILES string of the molecule is CC(C)(C)OC(=O)N1CC(N)(C(N)=O)C1.Cl. The quantitative estimate of drug-likeness (QED) is 0.677. The zero-order valence-electron chi connectivity index (χ0n) is 9.65. The fourth-order valence-electron chi connectivity index (χ4n) is 1.25. The molecule has 1 aliphatic rings. The lowest BCUT2D eigenvalue weighted by Gasteiger charge is -2.45. The van der Waals surface area contributed by atoms with Crippen molar-refractivity contribution in [3.63, 3.8) is 0 Å². The Morgan fingerprint density at radius 2 is 1.75 bits per heavy atom. The van der Waals surface area contributed by atoms with Crippen LogP contribution in [0.25, 0.3) is 0 Å². The highest BCUT2D eigenvalue weighted by atomic mass is 35.5. The molecule has 0 saturated carbocycles. The van der Waals surface area contributed by atoms with E-state index in [0.717, 1.165) is 0 Å². The Labute approximate surface area is 101 Å². The summed E-state index contributed by atoms with van der Waals surface area (Å²) in [4.78, 5) is 23.7. The summed E-state index contributed by atoms with van der Waals surface area (Å²) in [5, 5.41) is 0. The van der Waals surface area contributed by atoms with Gasteiger partial charge in [0.1, 0.15) is 11.1 Å². The van der Waals surface area contributed by atoms with Crippen LogP contribution in [0.4, 0.5) is 4.79 Å². The molecule has 0 aliphatic carbocycles. The molecule has 16 heavy (non-hydrogen) atoms. The van der Waals surface area contributed by atoms with Crippen molar-refractivity contribution < 1.29 is 14.3 Å². The maximum absolute atomic E-state index is 11.4. The number of nitrogens with zero attached hydrogens (tertiary/aromatic N) is 1. The van der Waals surface area contributed by atoms with Crippen molar-refractivity contribution in [2.24, 2.45) is 11.5 Å². The summed E-state index contributed by atoms with van der Waals surface area (Å²) in [7, 11) is 0. The number of hydrogen-bond donors (Lipinski definition) is 2. The Bertz CT molecular complexity index is 295. The molecule has 0 aromatic rings. The average molecular weight is 252 g/mol. The van der Waals surface area contributed by atoms with Crippen LogP contribution >= 0.6 is 12.4 Å². The summed E-state index contributed by atoms with van der Waals surface area (Å²) in [5.41, 5.74) is 9.06. The molecule has 0 atom stereocenters. The predicted octanol–water partition coefficient (Wildman–Crippen LogP) is -0.158. The third kappa shape index (κ3) is 3.24. The number of nitrogens with two attached hydrogens (primary N) is 2. The van der Waals surface area contributed by atoms with Crippen LogP contribution in [-0.2, 0) is 9.53 Å². The van der Waals surface area contributed by atoms with E-state index in [0.29, 0.717) is 0 Å². The normalized spacial score (nSPS) is 18.1. The Hall–Kier alpha value is -1.01. The van der Waals surface area contributed by atoms with Crippen LogP contribution in [0.5, 0.6) is 0 Å². The number of carbonyl (C=O) groups excluding carboxylic acids is 2. The summed E-state index contributed by atoms with van der Waals surface area (Å²) >= 11 is 0. The van der Waals surface area contributed by atoms with Gasteiger partial charge >= 0.3 is 6.09 Å². The van der Waals surface area contributed by atoms with Gasteiger partial charge in [-0.25, -0.2) is 4.79 Å². The molecule has 0 radical (unpaired) electrons. The van der Waals surface area contributed by atoms with Crippen molar-refractivity contribution in [2.45, 2.75) is 31.9 Å². The zero-order valence-corrected chi connectivity index (χ0v) is 10.5. The van der Waals surface area contributed by atoms with Gasteiger partial charge in [0.25, 0.3) is 0 Å². The smallest absolute Gasteiger partial charge is 0.410 e. The van der Waals surface area contributed by atoms with Crippen molar-refractivity contribution >= 4 is 24.4 Å². The second-order valence-electron chi connectivity index (χ2n) is 4.86. The first-order valence-corrected chi connectivity index (χ1v) is 4.71. The molecule has 1 rings (SSSR count). The van der Waals surface area contributed by atoms with Gasteiger partial charge in [-0.3, -0.25) is 4.79 Å². The van der Waals surface area contributed by atoms with Crippen molar-refractivity contribution in [2.75, 3.05) is 13.1 Å². The molecule has 0 bridgehead atoms. The van der Waals surface area contributed by atoms with Crippen LogP contribution < -0.4 is 11.5 Å². The van der Waals surface area contributed by atoms with Crippen molar-refractivity contribution in [3.8, 4) is 0 Å². The average Bonchev–Trinajstić information content (AvgIpc) is 1.94. The van der Waals surface area contributed by atoms with E-state index in [1.165, 1.54) is 4.90 Å². The van der Waals surface area contributed by atoms with E-state index in [1.54, 1.807) is 20.8 Å². The lowest BCUT2D eigenvalue weighted by molar-refractivity contribution is -0.128. The highest BCUT2D eigenvalue weighted by Crippen LogP contribution is 2.20. The van der Waals surface area contributed by atoms with E-state index in [1.807, 2.05) is 0 Å². The minimum atomic E-state index is -1.09. The Morgan fingerprint density at radius 3 is 2.06 bits per heavy atom. The molecule has 0 aromatic carbocycles. The molecule has 1 heterocycles. The number of amides is 2. The molecule has 4 N–H and O–H groups in total. The molecule has 7 heteroatoms. The van der Waals surface area contributed by atoms with Crippen LogP contribution in [0.2, 0.25) is 0 Å². The maximum Gasteiger partial charge on any atom is 0.410 e. The van der Waals surface area contributed by atoms with Crippen LogP contribution in [0.1, 0.15) is 20.8 Å². The summed E-state index contributed by atoms with van der Waals surface area (Å²) in [6, 6.07) is 0. The number of hydrogen-bond acceptors (Lipinski definition) is 4. The fourth-order valence-corrected chi connectivity index (χ4v) is 1.25.